The van der Waals surface area contributed by atoms with Crippen molar-refractivity contribution >= 4 is 28.5 Å². The maximum Gasteiger partial charge on any atom is 0.453 e. The number of halogens is 4. The summed E-state index contributed by atoms with van der Waals surface area (Å²) in [5.74, 6) is -3.38. The summed E-state index contributed by atoms with van der Waals surface area (Å²) >= 11 is 5.97. The van der Waals surface area contributed by atoms with Crippen LogP contribution in [0.2, 0.25) is 5.02 Å². The van der Waals surface area contributed by atoms with Gasteiger partial charge >= 0.3 is 12.1 Å². The summed E-state index contributed by atoms with van der Waals surface area (Å²) in [5.41, 5.74) is -1.44. The third-order valence-corrected chi connectivity index (χ3v) is 4.97. The monoisotopic (exact) mass is 490 g/mol. The van der Waals surface area contributed by atoms with Crippen LogP contribution < -0.4 is 19.6 Å². The minimum Gasteiger partial charge on any atom is -0.497 e. The highest BCUT2D eigenvalue weighted by Gasteiger charge is 2.40. The number of methoxy groups -OCH3 is 1. The lowest BCUT2D eigenvalue weighted by atomic mass is 10.2. The van der Waals surface area contributed by atoms with Crippen molar-refractivity contribution in [3.05, 3.63) is 93.3 Å². The molecule has 0 saturated carbocycles. The summed E-state index contributed by atoms with van der Waals surface area (Å²) in [6, 6.07) is 15.3. The number of rotatable bonds is 5. The first kappa shape index (κ1) is 23.2. The molecule has 0 saturated heterocycles. The molecule has 4 rings (SSSR count). The van der Waals surface area contributed by atoms with Crippen molar-refractivity contribution in [2.45, 2.75) is 6.18 Å². The minimum absolute atomic E-state index is 0.0539. The van der Waals surface area contributed by atoms with Crippen LogP contribution >= 0.6 is 11.6 Å². The predicted octanol–water partition coefficient (Wildman–Crippen LogP) is 6.49. The Morgan fingerprint density at radius 1 is 0.941 bits per heavy atom. The molecule has 34 heavy (non-hydrogen) atoms. The van der Waals surface area contributed by atoms with Gasteiger partial charge < -0.3 is 18.6 Å². The van der Waals surface area contributed by atoms with Crippen LogP contribution in [0, 0.1) is 0 Å². The number of hydrogen-bond donors (Lipinski definition) is 0. The van der Waals surface area contributed by atoms with E-state index in [-0.39, 0.29) is 27.5 Å². The molecular formula is C24H14ClF3O6. The Balaban J connectivity index is 1.76. The van der Waals surface area contributed by atoms with Gasteiger partial charge in [0, 0.05) is 12.1 Å². The Kier molecular flexibility index (Phi) is 6.21. The Morgan fingerprint density at radius 3 is 2.38 bits per heavy atom. The van der Waals surface area contributed by atoms with Gasteiger partial charge in [-0.15, -0.1) is 0 Å². The smallest absolute Gasteiger partial charge is 0.453 e. The fourth-order valence-corrected chi connectivity index (χ4v) is 3.28. The molecule has 0 fully saturated rings. The Morgan fingerprint density at radius 2 is 1.68 bits per heavy atom. The van der Waals surface area contributed by atoms with Gasteiger partial charge in [-0.2, -0.15) is 13.2 Å². The molecule has 0 aliphatic rings. The molecule has 0 spiro atoms. The van der Waals surface area contributed by atoms with Gasteiger partial charge in [0.1, 0.15) is 22.8 Å². The summed E-state index contributed by atoms with van der Waals surface area (Å²) in [7, 11) is 1.38. The largest absolute Gasteiger partial charge is 0.497 e. The van der Waals surface area contributed by atoms with Crippen LogP contribution in [0.1, 0.15) is 16.1 Å². The van der Waals surface area contributed by atoms with E-state index in [2.05, 4.69) is 0 Å². The third-order valence-electron chi connectivity index (χ3n) is 4.65. The lowest BCUT2D eigenvalue weighted by Gasteiger charge is -2.14. The number of ether oxygens (including phenoxy) is 3. The molecule has 3 aromatic carbocycles. The molecule has 0 unspecified atom stereocenters. The van der Waals surface area contributed by atoms with E-state index in [9.17, 15) is 22.8 Å². The van der Waals surface area contributed by atoms with E-state index < -0.39 is 34.7 Å². The van der Waals surface area contributed by atoms with E-state index in [1.54, 1.807) is 18.2 Å². The number of fused-ring (bicyclic) bond motifs is 1. The molecule has 10 heteroatoms. The predicted molar refractivity (Wildman–Crippen MR) is 117 cm³/mol. The van der Waals surface area contributed by atoms with Crippen LogP contribution in [0.5, 0.6) is 23.0 Å². The Bertz CT molecular complexity index is 1450. The number of alkyl halides is 3. The van der Waals surface area contributed by atoms with Gasteiger partial charge in [-0.1, -0.05) is 29.8 Å². The van der Waals surface area contributed by atoms with Crippen molar-refractivity contribution in [3.8, 4) is 23.0 Å². The van der Waals surface area contributed by atoms with Gasteiger partial charge in [0.2, 0.25) is 11.2 Å². The van der Waals surface area contributed by atoms with Gasteiger partial charge in [0.15, 0.2) is 0 Å². The maximum atomic E-state index is 13.7. The van der Waals surface area contributed by atoms with E-state index >= 15 is 0 Å². The third kappa shape index (κ3) is 4.69. The second kappa shape index (κ2) is 9.11. The van der Waals surface area contributed by atoms with Gasteiger partial charge in [0.25, 0.3) is 5.76 Å². The molecule has 0 aliphatic carbocycles. The van der Waals surface area contributed by atoms with Crippen molar-refractivity contribution < 1.29 is 36.6 Å². The Labute approximate surface area is 195 Å². The molecule has 0 radical (unpaired) electrons. The zero-order valence-electron chi connectivity index (χ0n) is 17.3. The maximum absolute atomic E-state index is 13.7. The molecule has 0 aliphatic heterocycles. The van der Waals surface area contributed by atoms with E-state index in [0.29, 0.717) is 5.75 Å². The molecule has 4 aromatic rings. The van der Waals surface area contributed by atoms with Crippen LogP contribution in [0.25, 0.3) is 11.0 Å². The normalized spacial score (nSPS) is 11.3. The summed E-state index contributed by atoms with van der Waals surface area (Å²) in [4.78, 5) is 25.3. The van der Waals surface area contributed by atoms with Gasteiger partial charge in [-0.05, 0) is 36.4 Å². The van der Waals surface area contributed by atoms with Crippen molar-refractivity contribution in [3.63, 3.8) is 0 Å². The van der Waals surface area contributed by atoms with Crippen LogP contribution in [-0.2, 0) is 6.18 Å². The van der Waals surface area contributed by atoms with Crippen LogP contribution in [0.3, 0.4) is 0 Å². The van der Waals surface area contributed by atoms with Crippen molar-refractivity contribution in [2.24, 2.45) is 0 Å². The van der Waals surface area contributed by atoms with Gasteiger partial charge in [-0.25, -0.2) is 4.79 Å². The molecule has 174 valence electrons. The second-order valence-corrected chi connectivity index (χ2v) is 7.30. The zero-order chi connectivity index (χ0) is 24.5. The molecule has 1 aromatic heterocycles. The van der Waals surface area contributed by atoms with Crippen LogP contribution in [0.4, 0.5) is 13.2 Å². The summed E-state index contributed by atoms with van der Waals surface area (Å²) in [6.07, 6.45) is -5.05. The first-order chi connectivity index (χ1) is 16.2. The van der Waals surface area contributed by atoms with Gasteiger partial charge in [0.05, 0.1) is 23.1 Å². The number of carbonyl (C=O) groups excluding carboxylic acids is 1. The lowest BCUT2D eigenvalue weighted by molar-refractivity contribution is -0.154. The minimum atomic E-state index is -5.05. The molecule has 0 atom stereocenters. The molecule has 0 N–H and O–H groups in total. The van der Waals surface area contributed by atoms with Gasteiger partial charge in [-0.3, -0.25) is 4.79 Å². The van der Waals surface area contributed by atoms with Crippen molar-refractivity contribution in [1.29, 1.82) is 0 Å². The van der Waals surface area contributed by atoms with Crippen LogP contribution in [0.15, 0.2) is 75.9 Å². The first-order valence-electron chi connectivity index (χ1n) is 9.64. The number of hydrogen-bond acceptors (Lipinski definition) is 6. The summed E-state index contributed by atoms with van der Waals surface area (Å²) < 4.78 is 61.7. The van der Waals surface area contributed by atoms with Crippen molar-refractivity contribution in [2.75, 3.05) is 7.11 Å². The number of carbonyl (C=O) groups is 1. The molecule has 0 bridgehead atoms. The Hall–Kier alpha value is -3.98. The molecule has 6 nitrogen and oxygen atoms in total. The highest BCUT2D eigenvalue weighted by molar-refractivity contribution is 6.33. The quantitative estimate of drug-likeness (QED) is 0.235. The zero-order valence-corrected chi connectivity index (χ0v) is 18.1. The molecule has 0 amide bonds. The second-order valence-electron chi connectivity index (χ2n) is 6.90. The summed E-state index contributed by atoms with van der Waals surface area (Å²) in [5, 5.41) is -0.0676. The van der Waals surface area contributed by atoms with E-state index in [4.69, 9.17) is 30.2 Å². The number of benzene rings is 3. The van der Waals surface area contributed by atoms with E-state index in [1.165, 1.54) is 49.6 Å². The highest BCUT2D eigenvalue weighted by atomic mass is 35.5. The standard InChI is InChI=1S/C24H14ClF3O6/c1-31-13-5-4-6-14(11-13)32-21-20(29)17-10-9-15(12-19(17)34-22(21)24(26,27)28)33-23(30)16-7-2-3-8-18(16)25/h2-12H,1H3. The average molecular weight is 491 g/mol. The fraction of sp³-hybridized carbons (Fsp3) is 0.0833. The summed E-state index contributed by atoms with van der Waals surface area (Å²) in [6.45, 7) is 0. The average Bonchev–Trinajstić information content (AvgIpc) is 2.80. The SMILES string of the molecule is COc1cccc(Oc2c(C(F)(F)F)oc3cc(OC(=O)c4ccccc4Cl)ccc3c2=O)c1. The number of esters is 1. The lowest BCUT2D eigenvalue weighted by Crippen LogP contribution is -2.15. The molecule has 1 heterocycles. The first-order valence-corrected chi connectivity index (χ1v) is 10.0. The van der Waals surface area contributed by atoms with E-state index in [0.717, 1.165) is 6.07 Å². The van der Waals surface area contributed by atoms with E-state index in [1.807, 2.05) is 0 Å². The topological polar surface area (TPSA) is 75.0 Å². The highest BCUT2D eigenvalue weighted by Crippen LogP contribution is 2.39. The molecular weight excluding hydrogens is 477 g/mol. The van der Waals surface area contributed by atoms with Crippen molar-refractivity contribution in [1.82, 2.24) is 0 Å². The fourth-order valence-electron chi connectivity index (χ4n) is 3.07. The van der Waals surface area contributed by atoms with Crippen LogP contribution in [-0.4, -0.2) is 13.1 Å².